The quantitative estimate of drug-likeness (QED) is 0.406. The van der Waals surface area contributed by atoms with E-state index in [9.17, 15) is 19.5 Å². The Balaban J connectivity index is 1.32. The number of benzene rings is 2. The summed E-state index contributed by atoms with van der Waals surface area (Å²) in [6.45, 7) is 2.36. The SMILES string of the molecule is COc1cc2sc(CNC(=O)C3(CC(=O)O)Cc4ccccc4C3)nc2cc1C(=O)N1CCOC(CN(C)C)C1. The number of rotatable bonds is 9. The van der Waals surface area contributed by atoms with E-state index < -0.39 is 11.4 Å². The fourth-order valence-electron chi connectivity index (χ4n) is 5.70. The first-order valence-corrected chi connectivity index (χ1v) is 14.1. The highest BCUT2D eigenvalue weighted by molar-refractivity contribution is 7.18. The van der Waals surface area contributed by atoms with Gasteiger partial charge in [0.15, 0.2) is 0 Å². The number of carbonyl (C=O) groups excluding carboxylic acids is 2. The van der Waals surface area contributed by atoms with Crippen molar-refractivity contribution in [2.24, 2.45) is 5.41 Å². The van der Waals surface area contributed by atoms with Gasteiger partial charge in [-0.2, -0.15) is 0 Å². The minimum absolute atomic E-state index is 0.0611. The fourth-order valence-corrected chi connectivity index (χ4v) is 6.62. The van der Waals surface area contributed by atoms with Crippen molar-refractivity contribution in [3.63, 3.8) is 0 Å². The molecule has 2 amide bonds. The molecule has 212 valence electrons. The summed E-state index contributed by atoms with van der Waals surface area (Å²) in [5.74, 6) is -0.958. The van der Waals surface area contributed by atoms with Gasteiger partial charge in [0.2, 0.25) is 5.91 Å². The standard InChI is InChI=1S/C29H34N4O6S/c1-32(2)16-20-17-33(8-9-39-20)27(36)21-10-22-24(11-23(21)38-3)40-25(31-22)15-30-28(37)29(14-26(34)35)12-18-6-4-5-7-19(18)13-29/h4-7,10-11,20H,8-9,12-17H2,1-3H3,(H,30,37)(H,34,35). The van der Waals surface area contributed by atoms with Crippen LogP contribution in [-0.2, 0) is 33.7 Å². The van der Waals surface area contributed by atoms with Gasteiger partial charge in [-0.3, -0.25) is 14.4 Å². The number of nitrogens with one attached hydrogen (secondary N) is 1. The number of methoxy groups -OCH3 is 1. The smallest absolute Gasteiger partial charge is 0.304 e. The van der Waals surface area contributed by atoms with E-state index in [1.54, 1.807) is 11.0 Å². The number of aromatic nitrogens is 1. The Morgan fingerprint density at radius 3 is 2.60 bits per heavy atom. The van der Waals surface area contributed by atoms with Gasteiger partial charge in [-0.1, -0.05) is 24.3 Å². The Bertz CT molecular complexity index is 1410. The van der Waals surface area contributed by atoms with E-state index in [1.807, 2.05) is 49.3 Å². The van der Waals surface area contributed by atoms with Crippen LogP contribution in [-0.4, -0.2) is 91.2 Å². The van der Waals surface area contributed by atoms with Crippen LogP contribution in [0.15, 0.2) is 36.4 Å². The molecule has 1 saturated heterocycles. The predicted octanol–water partition coefficient (Wildman–Crippen LogP) is 2.58. The van der Waals surface area contributed by atoms with Crippen LogP contribution in [0.4, 0.5) is 0 Å². The number of nitrogens with zero attached hydrogens (tertiary/aromatic N) is 3. The van der Waals surface area contributed by atoms with Crippen molar-refractivity contribution in [1.29, 1.82) is 0 Å². The third kappa shape index (κ3) is 5.81. The van der Waals surface area contributed by atoms with Gasteiger partial charge in [0.05, 0.1) is 54.0 Å². The topological polar surface area (TPSA) is 121 Å². The first kappa shape index (κ1) is 28.0. The van der Waals surface area contributed by atoms with Crippen molar-refractivity contribution in [2.75, 3.05) is 47.4 Å². The summed E-state index contributed by atoms with van der Waals surface area (Å²) in [6, 6.07) is 11.3. The number of thiazole rings is 1. The molecule has 2 heterocycles. The van der Waals surface area contributed by atoms with Crippen LogP contribution < -0.4 is 10.1 Å². The molecule has 0 saturated carbocycles. The summed E-state index contributed by atoms with van der Waals surface area (Å²) < 4.78 is 12.2. The monoisotopic (exact) mass is 566 g/mol. The molecule has 1 aromatic heterocycles. The number of hydrogen-bond donors (Lipinski definition) is 2. The first-order chi connectivity index (χ1) is 19.2. The van der Waals surface area contributed by atoms with Crippen LogP contribution in [0.3, 0.4) is 0 Å². The molecular weight excluding hydrogens is 532 g/mol. The molecule has 5 rings (SSSR count). The minimum atomic E-state index is -1.03. The summed E-state index contributed by atoms with van der Waals surface area (Å²) in [7, 11) is 5.49. The van der Waals surface area contributed by atoms with Gasteiger partial charge in [0.25, 0.3) is 5.91 Å². The highest BCUT2D eigenvalue weighted by atomic mass is 32.1. The number of likely N-dealkylation sites (N-methyl/N-ethyl adjacent to an activating group) is 1. The number of amides is 2. The Labute approximate surface area is 236 Å². The number of carbonyl (C=O) groups is 3. The van der Waals surface area contributed by atoms with E-state index in [1.165, 1.54) is 18.4 Å². The van der Waals surface area contributed by atoms with E-state index in [0.717, 1.165) is 22.4 Å². The summed E-state index contributed by atoms with van der Waals surface area (Å²) in [5.41, 5.74) is 2.07. The largest absolute Gasteiger partial charge is 0.496 e. The van der Waals surface area contributed by atoms with Crippen LogP contribution >= 0.6 is 11.3 Å². The number of ether oxygens (including phenoxy) is 2. The maximum atomic E-state index is 13.5. The lowest BCUT2D eigenvalue weighted by molar-refractivity contribution is -0.145. The zero-order valence-corrected chi connectivity index (χ0v) is 23.8. The van der Waals surface area contributed by atoms with Crippen molar-refractivity contribution < 1.29 is 29.0 Å². The second-order valence-corrected chi connectivity index (χ2v) is 11.9. The van der Waals surface area contributed by atoms with Gasteiger partial charge in [0, 0.05) is 25.7 Å². The molecule has 3 aromatic rings. The van der Waals surface area contributed by atoms with Gasteiger partial charge >= 0.3 is 5.97 Å². The van der Waals surface area contributed by atoms with Gasteiger partial charge in [-0.15, -0.1) is 11.3 Å². The lowest BCUT2D eigenvalue weighted by Crippen LogP contribution is -2.48. The summed E-state index contributed by atoms with van der Waals surface area (Å²) in [6.07, 6.45) is 0.475. The zero-order valence-electron chi connectivity index (χ0n) is 22.9. The fraction of sp³-hybridized carbons (Fsp3) is 0.448. The van der Waals surface area contributed by atoms with Crippen LogP contribution in [0.1, 0.15) is 32.9 Å². The highest BCUT2D eigenvalue weighted by Crippen LogP contribution is 2.40. The molecule has 11 heteroatoms. The van der Waals surface area contributed by atoms with E-state index >= 15 is 0 Å². The van der Waals surface area contributed by atoms with Crippen molar-refractivity contribution in [1.82, 2.24) is 20.1 Å². The molecule has 0 spiro atoms. The minimum Gasteiger partial charge on any atom is -0.496 e. The van der Waals surface area contributed by atoms with Gasteiger partial charge in [0.1, 0.15) is 10.8 Å². The average Bonchev–Trinajstić information content (AvgIpc) is 3.50. The van der Waals surface area contributed by atoms with E-state index in [-0.39, 0.29) is 30.9 Å². The second-order valence-electron chi connectivity index (χ2n) is 10.8. The molecule has 1 atom stereocenters. The zero-order chi connectivity index (χ0) is 28.4. The molecular formula is C29H34N4O6S. The second kappa shape index (κ2) is 11.5. The Morgan fingerprint density at radius 1 is 1.23 bits per heavy atom. The molecule has 10 nitrogen and oxygen atoms in total. The molecule has 2 aliphatic rings. The lowest BCUT2D eigenvalue weighted by Gasteiger charge is -2.34. The Morgan fingerprint density at radius 2 is 1.95 bits per heavy atom. The first-order valence-electron chi connectivity index (χ1n) is 13.3. The molecule has 2 aromatic carbocycles. The number of carboxylic acid groups (broad SMARTS) is 1. The average molecular weight is 567 g/mol. The molecule has 1 fully saturated rings. The molecule has 0 bridgehead atoms. The van der Waals surface area contributed by atoms with Crippen LogP contribution in [0.2, 0.25) is 0 Å². The number of morpholine rings is 1. The van der Waals surface area contributed by atoms with Crippen molar-refractivity contribution >= 4 is 39.3 Å². The Kier molecular flexibility index (Phi) is 8.07. The normalized spacial score (nSPS) is 18.1. The summed E-state index contributed by atoms with van der Waals surface area (Å²) >= 11 is 1.40. The molecule has 1 aliphatic heterocycles. The van der Waals surface area contributed by atoms with Crippen molar-refractivity contribution in [3.05, 3.63) is 58.1 Å². The molecule has 1 aliphatic carbocycles. The van der Waals surface area contributed by atoms with Crippen molar-refractivity contribution in [2.45, 2.75) is 31.9 Å². The van der Waals surface area contributed by atoms with Gasteiger partial charge in [-0.25, -0.2) is 4.98 Å². The molecule has 2 N–H and O–H groups in total. The highest BCUT2D eigenvalue weighted by Gasteiger charge is 2.45. The van der Waals surface area contributed by atoms with Gasteiger partial charge in [-0.05, 0) is 44.1 Å². The molecule has 40 heavy (non-hydrogen) atoms. The third-order valence-corrected chi connectivity index (χ3v) is 8.54. The van der Waals surface area contributed by atoms with E-state index in [4.69, 9.17) is 9.47 Å². The van der Waals surface area contributed by atoms with Crippen molar-refractivity contribution in [3.8, 4) is 5.75 Å². The predicted molar refractivity (Wildman–Crippen MR) is 151 cm³/mol. The summed E-state index contributed by atoms with van der Waals surface area (Å²) in [5, 5.41) is 13.2. The maximum Gasteiger partial charge on any atom is 0.304 e. The lowest BCUT2D eigenvalue weighted by atomic mass is 9.80. The number of carboxylic acids is 1. The summed E-state index contributed by atoms with van der Waals surface area (Å²) in [4.78, 5) is 47.1. The van der Waals surface area contributed by atoms with Gasteiger partial charge < -0.3 is 29.7 Å². The van der Waals surface area contributed by atoms with Crippen LogP contribution in [0, 0.1) is 5.41 Å². The van der Waals surface area contributed by atoms with Crippen LogP contribution in [0.5, 0.6) is 5.75 Å². The number of fused-ring (bicyclic) bond motifs is 2. The number of aliphatic carboxylic acids is 1. The van der Waals surface area contributed by atoms with E-state index in [2.05, 4.69) is 10.3 Å². The third-order valence-electron chi connectivity index (χ3n) is 7.53. The number of hydrogen-bond acceptors (Lipinski definition) is 8. The van der Waals surface area contributed by atoms with E-state index in [0.29, 0.717) is 54.4 Å². The molecule has 1 unspecified atom stereocenters. The Hall–Kier alpha value is -3.54. The molecule has 0 radical (unpaired) electrons. The van der Waals surface area contributed by atoms with Crippen LogP contribution in [0.25, 0.3) is 10.2 Å². The maximum absolute atomic E-state index is 13.5.